The molecule has 0 spiro atoms. The topological polar surface area (TPSA) is 41.5 Å². The minimum atomic E-state index is -4.45. The van der Waals surface area contributed by atoms with Gasteiger partial charge >= 0.3 is 6.18 Å². The molecule has 8 heteroatoms. The highest BCUT2D eigenvalue weighted by atomic mass is 32.2. The van der Waals surface area contributed by atoms with Crippen LogP contribution < -0.4 is 5.32 Å². The first-order valence-electron chi connectivity index (χ1n) is 7.80. The molecule has 26 heavy (non-hydrogen) atoms. The lowest BCUT2D eigenvalue weighted by molar-refractivity contribution is -0.137. The number of benzene rings is 2. The van der Waals surface area contributed by atoms with Crippen LogP contribution in [0.25, 0.3) is 0 Å². The summed E-state index contributed by atoms with van der Waals surface area (Å²) in [5, 5.41) is 2.56. The largest absolute Gasteiger partial charge is 0.416 e. The maximum absolute atomic E-state index is 12.8. The second-order valence-electron chi connectivity index (χ2n) is 5.47. The predicted molar refractivity (Wildman–Crippen MR) is 102 cm³/mol. The maximum Gasteiger partial charge on any atom is 0.416 e. The van der Waals surface area contributed by atoms with Gasteiger partial charge in [0.1, 0.15) is 4.38 Å². The Kier molecular flexibility index (Phi) is 5.93. The maximum atomic E-state index is 12.8. The normalized spacial score (nSPS) is 14.2. The third-order valence-electron chi connectivity index (χ3n) is 3.62. The zero-order valence-corrected chi connectivity index (χ0v) is 15.2. The Bertz CT molecular complexity index is 837. The second-order valence-corrected chi connectivity index (χ2v) is 7.78. The van der Waals surface area contributed by atoms with Crippen molar-refractivity contribution in [3.8, 4) is 0 Å². The van der Waals surface area contributed by atoms with Crippen LogP contribution in [0.15, 0.2) is 53.5 Å². The molecule has 136 valence electrons. The smallest absolute Gasteiger partial charge is 0.322 e. The molecule has 3 rings (SSSR count). The molecule has 1 heterocycles. The van der Waals surface area contributed by atoms with Crippen LogP contribution in [0.4, 0.5) is 18.9 Å². The van der Waals surface area contributed by atoms with E-state index >= 15 is 0 Å². The van der Waals surface area contributed by atoms with E-state index in [9.17, 15) is 18.0 Å². The number of hydrogen-bond acceptors (Lipinski definition) is 4. The summed E-state index contributed by atoms with van der Waals surface area (Å²) in [6.45, 7) is 0.810. The monoisotopic (exact) mass is 396 g/mol. The number of thioether (sulfide) groups is 2. The molecular weight excluding hydrogens is 381 g/mol. The van der Waals surface area contributed by atoms with Crippen molar-refractivity contribution in [2.24, 2.45) is 4.99 Å². The van der Waals surface area contributed by atoms with Gasteiger partial charge in [-0.1, -0.05) is 47.8 Å². The van der Waals surface area contributed by atoms with Gasteiger partial charge in [-0.05, 0) is 29.8 Å². The van der Waals surface area contributed by atoms with Crippen LogP contribution in [0, 0.1) is 0 Å². The molecule has 0 radical (unpaired) electrons. The number of nitrogens with one attached hydrogen (secondary N) is 1. The first-order valence-corrected chi connectivity index (χ1v) is 9.77. The van der Waals surface area contributed by atoms with E-state index in [0.29, 0.717) is 11.3 Å². The number of carbonyl (C=O) groups excluding carboxylic acids is 1. The summed E-state index contributed by atoms with van der Waals surface area (Å²) in [5.74, 6) is 1.12. The Morgan fingerprint density at radius 1 is 1.19 bits per heavy atom. The number of halogens is 3. The summed E-state index contributed by atoms with van der Waals surface area (Å²) < 4.78 is 39.4. The van der Waals surface area contributed by atoms with Crippen molar-refractivity contribution in [3.05, 3.63) is 65.2 Å². The number of rotatable bonds is 4. The first kappa shape index (κ1) is 18.8. The van der Waals surface area contributed by atoms with E-state index in [-0.39, 0.29) is 5.69 Å². The lowest BCUT2D eigenvalue weighted by Gasteiger charge is -2.12. The molecule has 0 aromatic heterocycles. The Morgan fingerprint density at radius 3 is 2.73 bits per heavy atom. The molecule has 1 aliphatic rings. The van der Waals surface area contributed by atoms with E-state index in [0.717, 1.165) is 34.4 Å². The highest BCUT2D eigenvalue weighted by Gasteiger charge is 2.30. The number of alkyl halides is 3. The van der Waals surface area contributed by atoms with Crippen molar-refractivity contribution in [1.82, 2.24) is 0 Å². The van der Waals surface area contributed by atoms with E-state index < -0.39 is 17.6 Å². The van der Waals surface area contributed by atoms with Crippen LogP contribution in [-0.4, -0.2) is 22.6 Å². The van der Waals surface area contributed by atoms with Gasteiger partial charge < -0.3 is 5.32 Å². The Hall–Kier alpha value is -1.93. The van der Waals surface area contributed by atoms with Crippen molar-refractivity contribution >= 4 is 39.5 Å². The molecule has 3 nitrogen and oxygen atoms in total. The zero-order valence-electron chi connectivity index (χ0n) is 13.5. The average Bonchev–Trinajstić information content (AvgIpc) is 3.13. The van der Waals surface area contributed by atoms with Crippen molar-refractivity contribution in [3.63, 3.8) is 0 Å². The van der Waals surface area contributed by atoms with Crippen molar-refractivity contribution in [1.29, 1.82) is 0 Å². The molecule has 0 fully saturated rings. The van der Waals surface area contributed by atoms with Gasteiger partial charge in [-0.2, -0.15) is 13.2 Å². The minimum Gasteiger partial charge on any atom is -0.322 e. The summed E-state index contributed by atoms with van der Waals surface area (Å²) >= 11 is 3.25. The summed E-state index contributed by atoms with van der Waals surface area (Å²) in [6.07, 6.45) is -4.45. The minimum absolute atomic E-state index is 0.114. The third kappa shape index (κ3) is 4.82. The van der Waals surface area contributed by atoms with Gasteiger partial charge in [-0.3, -0.25) is 9.79 Å². The van der Waals surface area contributed by atoms with E-state index in [1.165, 1.54) is 12.1 Å². The van der Waals surface area contributed by atoms with Crippen molar-refractivity contribution in [2.45, 2.75) is 11.9 Å². The van der Waals surface area contributed by atoms with Crippen molar-refractivity contribution < 1.29 is 18.0 Å². The molecule has 0 unspecified atom stereocenters. The number of hydrogen-bond donors (Lipinski definition) is 1. The summed E-state index contributed by atoms with van der Waals surface area (Å²) in [5.41, 5.74) is 0.580. The summed E-state index contributed by atoms with van der Waals surface area (Å²) in [4.78, 5) is 16.9. The van der Waals surface area contributed by atoms with Crippen LogP contribution in [0.1, 0.15) is 21.5 Å². The van der Waals surface area contributed by atoms with Crippen LogP contribution in [0.3, 0.4) is 0 Å². The van der Waals surface area contributed by atoms with Gasteiger partial charge in [0.2, 0.25) is 0 Å². The second kappa shape index (κ2) is 8.18. The lowest BCUT2D eigenvalue weighted by Crippen LogP contribution is -2.15. The molecule has 1 N–H and O–H groups in total. The number of amides is 1. The van der Waals surface area contributed by atoms with Gasteiger partial charge in [-0.15, -0.1) is 0 Å². The number of aliphatic imine (C=N–C) groups is 1. The fraction of sp³-hybridized carbons (Fsp3) is 0.222. The van der Waals surface area contributed by atoms with Crippen LogP contribution in [0.5, 0.6) is 0 Å². The van der Waals surface area contributed by atoms with Crippen LogP contribution >= 0.6 is 23.5 Å². The molecule has 2 aromatic carbocycles. The molecule has 2 aromatic rings. The molecule has 0 saturated carbocycles. The third-order valence-corrected chi connectivity index (χ3v) is 5.92. The molecule has 0 saturated heterocycles. The molecule has 0 aliphatic carbocycles. The van der Waals surface area contributed by atoms with Gasteiger partial charge in [0.15, 0.2) is 0 Å². The van der Waals surface area contributed by atoms with Gasteiger partial charge in [0.05, 0.1) is 12.1 Å². The standard InChI is InChI=1S/C18H15F3N2OS2/c19-18(20,21)13-5-3-6-14(10-13)23-16(24)15-7-2-1-4-12(15)11-26-17-22-8-9-25-17/h1-7,10H,8-9,11H2,(H,23,24). The highest BCUT2D eigenvalue weighted by molar-refractivity contribution is 8.38. The Labute approximate surface area is 157 Å². The molecule has 0 bridgehead atoms. The summed E-state index contributed by atoms with van der Waals surface area (Å²) in [6, 6.07) is 11.7. The van der Waals surface area contributed by atoms with Gasteiger partial charge in [0, 0.05) is 22.8 Å². The molecular formula is C18H15F3N2OS2. The van der Waals surface area contributed by atoms with E-state index in [4.69, 9.17) is 0 Å². The fourth-order valence-corrected chi connectivity index (χ4v) is 4.39. The van der Waals surface area contributed by atoms with E-state index in [1.807, 2.05) is 12.1 Å². The number of anilines is 1. The number of nitrogens with zero attached hydrogens (tertiary/aromatic N) is 1. The Balaban J connectivity index is 1.74. The van der Waals surface area contributed by atoms with Gasteiger partial charge in [-0.25, -0.2) is 0 Å². The lowest BCUT2D eigenvalue weighted by atomic mass is 10.1. The predicted octanol–water partition coefficient (Wildman–Crippen LogP) is 5.29. The molecule has 1 aliphatic heterocycles. The van der Waals surface area contributed by atoms with E-state index in [2.05, 4.69) is 10.3 Å². The quantitative estimate of drug-likeness (QED) is 0.763. The fourth-order valence-electron chi connectivity index (χ4n) is 2.38. The number of carbonyl (C=O) groups is 1. The molecule has 1 amide bonds. The SMILES string of the molecule is O=C(Nc1cccc(C(F)(F)F)c1)c1ccccc1CSC1=NCCS1. The highest BCUT2D eigenvalue weighted by Crippen LogP contribution is 2.31. The van der Waals surface area contributed by atoms with Gasteiger partial charge in [0.25, 0.3) is 5.91 Å². The summed E-state index contributed by atoms with van der Waals surface area (Å²) in [7, 11) is 0. The van der Waals surface area contributed by atoms with Crippen molar-refractivity contribution in [2.75, 3.05) is 17.6 Å². The average molecular weight is 396 g/mol. The molecule has 0 atom stereocenters. The van der Waals surface area contributed by atoms with Crippen LogP contribution in [-0.2, 0) is 11.9 Å². The van der Waals surface area contributed by atoms with E-state index in [1.54, 1.807) is 35.7 Å². The zero-order chi connectivity index (χ0) is 18.6. The first-order chi connectivity index (χ1) is 12.4. The van der Waals surface area contributed by atoms with Crippen LogP contribution in [0.2, 0.25) is 0 Å². The Morgan fingerprint density at radius 2 is 2.00 bits per heavy atom.